The van der Waals surface area contributed by atoms with Gasteiger partial charge in [-0.15, -0.1) is 0 Å². The highest BCUT2D eigenvalue weighted by Crippen LogP contribution is 2.09. The largest absolute Gasteiger partial charge is 0.329 e. The fourth-order valence-electron chi connectivity index (χ4n) is 2.54. The average molecular weight is 318 g/mol. The Morgan fingerprint density at radius 3 is 2.35 bits per heavy atom. The van der Waals surface area contributed by atoms with Crippen molar-refractivity contribution in [3.63, 3.8) is 0 Å². The molecule has 1 fully saturated rings. The molecule has 0 amide bonds. The standard InChI is InChI=1S/C14H21ClN2O2S/c1-2-11-20(18,19)17-9-7-16(8-10-17)12-13-3-5-14(15)6-4-13/h3-6H,2,7-12H2,1H3/p+1. The zero-order chi connectivity index (χ0) is 14.6. The fourth-order valence-corrected chi connectivity index (χ4v) is 4.17. The molecule has 0 atom stereocenters. The summed E-state index contributed by atoms with van der Waals surface area (Å²) in [6.45, 7) is 5.83. The molecule has 1 N–H and O–H groups in total. The van der Waals surface area contributed by atoms with Crippen molar-refractivity contribution < 1.29 is 13.3 Å². The lowest BCUT2D eigenvalue weighted by Gasteiger charge is -2.31. The van der Waals surface area contributed by atoms with Gasteiger partial charge in [-0.1, -0.05) is 30.7 Å². The van der Waals surface area contributed by atoms with Crippen molar-refractivity contribution in [3.8, 4) is 0 Å². The fraction of sp³-hybridized carbons (Fsp3) is 0.571. The van der Waals surface area contributed by atoms with Crippen LogP contribution in [0.15, 0.2) is 24.3 Å². The first-order valence-electron chi connectivity index (χ1n) is 7.07. The average Bonchev–Trinajstić information content (AvgIpc) is 2.42. The Kier molecular flexibility index (Phi) is 5.43. The molecule has 1 saturated heterocycles. The van der Waals surface area contributed by atoms with E-state index in [0.29, 0.717) is 19.5 Å². The van der Waals surface area contributed by atoms with Gasteiger partial charge in [0.1, 0.15) is 6.54 Å². The van der Waals surface area contributed by atoms with E-state index < -0.39 is 10.0 Å². The highest BCUT2D eigenvalue weighted by Gasteiger charge is 2.28. The summed E-state index contributed by atoms with van der Waals surface area (Å²) in [5.41, 5.74) is 1.24. The zero-order valence-electron chi connectivity index (χ0n) is 11.8. The number of halogens is 1. The Bertz CT molecular complexity index is 523. The molecule has 1 aromatic rings. The Morgan fingerprint density at radius 1 is 1.20 bits per heavy atom. The monoisotopic (exact) mass is 317 g/mol. The predicted octanol–water partition coefficient (Wildman–Crippen LogP) is 0.780. The van der Waals surface area contributed by atoms with Gasteiger partial charge in [0.25, 0.3) is 0 Å². The quantitative estimate of drug-likeness (QED) is 0.872. The van der Waals surface area contributed by atoms with E-state index in [1.807, 2.05) is 31.2 Å². The normalized spacial score (nSPS) is 18.3. The molecule has 0 unspecified atom stereocenters. The molecule has 1 aliphatic heterocycles. The first kappa shape index (κ1) is 15.8. The molecule has 1 aliphatic rings. The summed E-state index contributed by atoms with van der Waals surface area (Å²) in [4.78, 5) is 1.43. The van der Waals surface area contributed by atoms with Gasteiger partial charge in [0, 0.05) is 10.6 Å². The number of hydrogen-bond acceptors (Lipinski definition) is 2. The predicted molar refractivity (Wildman–Crippen MR) is 81.5 cm³/mol. The Morgan fingerprint density at radius 2 is 1.80 bits per heavy atom. The molecule has 6 heteroatoms. The molecule has 0 aromatic heterocycles. The first-order chi connectivity index (χ1) is 9.51. The molecule has 0 saturated carbocycles. The molecular weight excluding hydrogens is 296 g/mol. The van der Waals surface area contributed by atoms with Crippen LogP contribution in [0.2, 0.25) is 5.02 Å². The zero-order valence-corrected chi connectivity index (χ0v) is 13.4. The summed E-state index contributed by atoms with van der Waals surface area (Å²) in [6.07, 6.45) is 0.681. The minimum atomic E-state index is -3.03. The van der Waals surface area contributed by atoms with Gasteiger partial charge in [-0.05, 0) is 18.6 Å². The van der Waals surface area contributed by atoms with Crippen molar-refractivity contribution in [1.29, 1.82) is 0 Å². The van der Waals surface area contributed by atoms with Crippen LogP contribution in [0.3, 0.4) is 0 Å². The maximum Gasteiger partial charge on any atom is 0.214 e. The minimum absolute atomic E-state index is 0.263. The molecule has 1 aromatic carbocycles. The van der Waals surface area contributed by atoms with E-state index in [0.717, 1.165) is 24.7 Å². The molecule has 112 valence electrons. The minimum Gasteiger partial charge on any atom is -0.329 e. The first-order valence-corrected chi connectivity index (χ1v) is 9.06. The van der Waals surface area contributed by atoms with Crippen LogP contribution in [0.25, 0.3) is 0 Å². The second kappa shape index (κ2) is 6.89. The van der Waals surface area contributed by atoms with Gasteiger partial charge in [0.2, 0.25) is 10.0 Å². The smallest absolute Gasteiger partial charge is 0.214 e. The van der Waals surface area contributed by atoms with Crippen molar-refractivity contribution in [2.75, 3.05) is 31.9 Å². The lowest BCUT2D eigenvalue weighted by atomic mass is 10.2. The van der Waals surface area contributed by atoms with Gasteiger partial charge in [-0.25, -0.2) is 8.42 Å². The second-order valence-corrected chi connectivity index (χ2v) is 7.79. The Hall–Kier alpha value is -0.620. The molecule has 0 aliphatic carbocycles. The SMILES string of the molecule is CCCS(=O)(=O)N1CC[NH+](Cc2ccc(Cl)cc2)CC1. The van der Waals surface area contributed by atoms with E-state index in [2.05, 4.69) is 0 Å². The second-order valence-electron chi connectivity index (χ2n) is 5.27. The number of piperazine rings is 1. The number of benzene rings is 1. The molecule has 1 heterocycles. The van der Waals surface area contributed by atoms with Crippen LogP contribution < -0.4 is 4.90 Å². The summed E-state index contributed by atoms with van der Waals surface area (Å²) in [7, 11) is -3.03. The van der Waals surface area contributed by atoms with Crippen LogP contribution in [0.1, 0.15) is 18.9 Å². The third-order valence-electron chi connectivity index (χ3n) is 3.65. The van der Waals surface area contributed by atoms with Gasteiger partial charge in [-0.3, -0.25) is 0 Å². The van der Waals surface area contributed by atoms with Crippen molar-refractivity contribution >= 4 is 21.6 Å². The summed E-state index contributed by atoms with van der Waals surface area (Å²) in [5.74, 6) is 0.263. The number of nitrogens with one attached hydrogen (secondary N) is 1. The Balaban J connectivity index is 1.87. The number of hydrogen-bond donors (Lipinski definition) is 1. The van der Waals surface area contributed by atoms with Crippen LogP contribution in [-0.4, -0.2) is 44.7 Å². The van der Waals surface area contributed by atoms with Gasteiger partial charge < -0.3 is 4.90 Å². The van der Waals surface area contributed by atoms with E-state index >= 15 is 0 Å². The van der Waals surface area contributed by atoms with E-state index in [1.54, 1.807) is 4.31 Å². The van der Waals surface area contributed by atoms with Crippen LogP contribution in [-0.2, 0) is 16.6 Å². The lowest BCUT2D eigenvalue weighted by Crippen LogP contribution is -3.13. The maximum absolute atomic E-state index is 12.0. The van der Waals surface area contributed by atoms with Gasteiger partial charge in [0.15, 0.2) is 0 Å². The molecule has 0 radical (unpaired) electrons. The molecule has 2 rings (SSSR count). The van der Waals surface area contributed by atoms with E-state index in [4.69, 9.17) is 11.6 Å². The summed E-state index contributed by atoms with van der Waals surface area (Å²) in [5, 5.41) is 0.749. The number of quaternary nitrogens is 1. The number of sulfonamides is 1. The van der Waals surface area contributed by atoms with Gasteiger partial charge in [0.05, 0.1) is 31.9 Å². The Labute approximate surface area is 126 Å². The van der Waals surface area contributed by atoms with Crippen molar-refractivity contribution in [3.05, 3.63) is 34.9 Å². The van der Waals surface area contributed by atoms with E-state index in [1.165, 1.54) is 10.5 Å². The highest BCUT2D eigenvalue weighted by atomic mass is 35.5. The van der Waals surface area contributed by atoms with E-state index in [9.17, 15) is 8.42 Å². The molecule has 20 heavy (non-hydrogen) atoms. The van der Waals surface area contributed by atoms with Crippen LogP contribution in [0.5, 0.6) is 0 Å². The van der Waals surface area contributed by atoms with Crippen LogP contribution >= 0.6 is 11.6 Å². The third-order valence-corrected chi connectivity index (χ3v) is 5.98. The van der Waals surface area contributed by atoms with Gasteiger partial charge in [-0.2, -0.15) is 4.31 Å². The number of rotatable bonds is 5. The maximum atomic E-state index is 12.0. The molecular formula is C14H22ClN2O2S+. The van der Waals surface area contributed by atoms with Crippen LogP contribution in [0.4, 0.5) is 0 Å². The molecule has 4 nitrogen and oxygen atoms in total. The number of nitrogens with zero attached hydrogens (tertiary/aromatic N) is 1. The lowest BCUT2D eigenvalue weighted by molar-refractivity contribution is -0.917. The summed E-state index contributed by atoms with van der Waals surface area (Å²) >= 11 is 5.87. The van der Waals surface area contributed by atoms with Crippen molar-refractivity contribution in [1.82, 2.24) is 4.31 Å². The van der Waals surface area contributed by atoms with Crippen LogP contribution in [0, 0.1) is 0 Å². The topological polar surface area (TPSA) is 41.8 Å². The van der Waals surface area contributed by atoms with Crippen molar-refractivity contribution in [2.45, 2.75) is 19.9 Å². The molecule has 0 bridgehead atoms. The summed E-state index contributed by atoms with van der Waals surface area (Å²) < 4.78 is 25.6. The third kappa shape index (κ3) is 4.19. The van der Waals surface area contributed by atoms with Crippen molar-refractivity contribution in [2.24, 2.45) is 0 Å². The van der Waals surface area contributed by atoms with E-state index in [-0.39, 0.29) is 5.75 Å². The molecule has 0 spiro atoms. The summed E-state index contributed by atoms with van der Waals surface area (Å²) in [6, 6.07) is 7.88. The van der Waals surface area contributed by atoms with Gasteiger partial charge >= 0.3 is 0 Å². The highest BCUT2D eigenvalue weighted by molar-refractivity contribution is 7.89.